The van der Waals surface area contributed by atoms with Crippen LogP contribution in [0.1, 0.15) is 17.3 Å². The first-order valence-electron chi connectivity index (χ1n) is 6.91. The van der Waals surface area contributed by atoms with Crippen molar-refractivity contribution in [1.82, 2.24) is 0 Å². The minimum absolute atomic E-state index is 0.0201. The molecule has 4 N–H and O–H groups in total. The van der Waals surface area contributed by atoms with E-state index in [-0.39, 0.29) is 17.1 Å². The van der Waals surface area contributed by atoms with Crippen LogP contribution >= 0.6 is 11.6 Å². The topological polar surface area (TPSA) is 108 Å². The van der Waals surface area contributed by atoms with Gasteiger partial charge in [0.25, 0.3) is 0 Å². The Hall–Kier alpha value is -2.55. The van der Waals surface area contributed by atoms with Gasteiger partial charge in [-0.3, -0.25) is 9.79 Å². The first-order chi connectivity index (χ1) is 11.6. The molecule has 0 aliphatic rings. The summed E-state index contributed by atoms with van der Waals surface area (Å²) in [4.78, 5) is 27.5. The van der Waals surface area contributed by atoms with Gasteiger partial charge in [-0.2, -0.15) is 13.2 Å². The molecule has 0 fully saturated rings. The number of amidine groups is 1. The molecule has 0 bridgehead atoms. The van der Waals surface area contributed by atoms with Crippen molar-refractivity contribution in [1.29, 1.82) is 0 Å². The van der Waals surface area contributed by atoms with E-state index in [2.05, 4.69) is 9.73 Å². The number of hydrogen-bond acceptors (Lipinski definition) is 5. The molecule has 0 atom stereocenters. The maximum Gasteiger partial charge on any atom is 0.431 e. The number of carbonyl (C=O) groups is 2. The summed E-state index contributed by atoms with van der Waals surface area (Å²) in [6, 6.07) is 5.93. The molecule has 0 amide bonds. The average Bonchev–Trinajstić information content (AvgIpc) is 2.52. The maximum atomic E-state index is 12.8. The van der Waals surface area contributed by atoms with Crippen LogP contribution in [-0.2, 0) is 9.53 Å². The van der Waals surface area contributed by atoms with Gasteiger partial charge in [-0.15, -0.1) is 0 Å². The fraction of sp³-hybridized carbons (Fsp3) is 0.267. The molecule has 1 aromatic rings. The molecular formula is C15H15ClF3N3O3. The van der Waals surface area contributed by atoms with Crippen LogP contribution in [0.25, 0.3) is 0 Å². The molecule has 0 unspecified atom stereocenters. The first kappa shape index (κ1) is 20.5. The molecule has 0 saturated carbocycles. The number of ether oxygens (including phenoxy) is 1. The van der Waals surface area contributed by atoms with E-state index in [1.807, 2.05) is 0 Å². The van der Waals surface area contributed by atoms with Crippen LogP contribution in [0.15, 0.2) is 40.5 Å². The Morgan fingerprint density at radius 1 is 1.24 bits per heavy atom. The summed E-state index contributed by atoms with van der Waals surface area (Å²) in [6.45, 7) is 0.684. The largest absolute Gasteiger partial charge is 0.454 e. The second-order valence-electron chi connectivity index (χ2n) is 4.63. The van der Waals surface area contributed by atoms with Crippen LogP contribution < -0.4 is 11.5 Å². The fourth-order valence-electron chi connectivity index (χ4n) is 1.71. The maximum absolute atomic E-state index is 12.8. The number of nitrogens with two attached hydrogens (primary N) is 2. The predicted octanol–water partition coefficient (Wildman–Crippen LogP) is 2.22. The molecule has 1 aromatic carbocycles. The van der Waals surface area contributed by atoms with E-state index >= 15 is 0 Å². The second kappa shape index (κ2) is 8.52. The van der Waals surface area contributed by atoms with Gasteiger partial charge in [0.1, 0.15) is 17.1 Å². The number of nitrogens with zero attached hydrogens (tertiary/aromatic N) is 1. The van der Waals surface area contributed by atoms with E-state index < -0.39 is 41.6 Å². The zero-order chi connectivity index (χ0) is 19.2. The average molecular weight is 378 g/mol. The Kier molecular flexibility index (Phi) is 6.98. The Bertz CT molecular complexity index is 730. The van der Waals surface area contributed by atoms with Gasteiger partial charge >= 0.3 is 12.1 Å². The number of carbonyl (C=O) groups excluding carboxylic acids is 2. The van der Waals surface area contributed by atoms with Gasteiger partial charge in [0, 0.05) is 12.1 Å². The highest BCUT2D eigenvalue weighted by Gasteiger charge is 2.38. The highest BCUT2D eigenvalue weighted by molar-refractivity contribution is 6.34. The molecule has 0 aromatic heterocycles. The molecule has 0 radical (unpaired) electrons. The predicted molar refractivity (Wildman–Crippen MR) is 86.2 cm³/mol. The number of ketones is 1. The summed E-state index contributed by atoms with van der Waals surface area (Å²) in [6.07, 6.45) is -5.02. The van der Waals surface area contributed by atoms with Gasteiger partial charge in [0.05, 0.1) is 5.02 Å². The molecule has 6 nitrogen and oxygen atoms in total. The van der Waals surface area contributed by atoms with Crippen molar-refractivity contribution < 1.29 is 27.5 Å². The number of benzene rings is 1. The highest BCUT2D eigenvalue weighted by atomic mass is 35.5. The van der Waals surface area contributed by atoms with Crippen LogP contribution in [0, 0.1) is 0 Å². The number of aliphatic imine (C=N–C) groups is 1. The zero-order valence-corrected chi connectivity index (χ0v) is 13.8. The number of alkyl halides is 3. The van der Waals surface area contributed by atoms with Crippen LogP contribution in [0.5, 0.6) is 0 Å². The van der Waals surface area contributed by atoms with Gasteiger partial charge < -0.3 is 16.2 Å². The monoisotopic (exact) mass is 377 g/mol. The quantitative estimate of drug-likeness (QED) is 0.260. The first-order valence-corrected chi connectivity index (χ1v) is 7.29. The Morgan fingerprint density at radius 2 is 1.84 bits per heavy atom. The third-order valence-electron chi connectivity index (χ3n) is 2.87. The number of halogens is 4. The molecule has 1 rings (SSSR count). The summed E-state index contributed by atoms with van der Waals surface area (Å²) in [5.41, 5.74) is 7.50. The van der Waals surface area contributed by atoms with Gasteiger partial charge in [-0.1, -0.05) is 23.7 Å². The van der Waals surface area contributed by atoms with E-state index in [0.717, 1.165) is 0 Å². The van der Waals surface area contributed by atoms with Crippen LogP contribution in [0.3, 0.4) is 0 Å². The third-order valence-corrected chi connectivity index (χ3v) is 3.20. The molecule has 0 aliphatic carbocycles. The molecule has 25 heavy (non-hydrogen) atoms. The van der Waals surface area contributed by atoms with Gasteiger partial charge in [-0.25, -0.2) is 4.79 Å². The SMILES string of the molecule is CCN=C(N)C(C(=O)OCC(=O)c1ccccc1Cl)=C(N)C(F)(F)F. The lowest BCUT2D eigenvalue weighted by atomic mass is 10.1. The van der Waals surface area contributed by atoms with Crippen molar-refractivity contribution in [2.75, 3.05) is 13.2 Å². The number of esters is 1. The summed E-state index contributed by atoms with van der Waals surface area (Å²) in [5.74, 6) is -2.94. The van der Waals surface area contributed by atoms with Crippen LogP contribution in [-0.4, -0.2) is 36.9 Å². The summed E-state index contributed by atoms with van der Waals surface area (Å²) >= 11 is 5.82. The van der Waals surface area contributed by atoms with Crippen molar-refractivity contribution in [3.8, 4) is 0 Å². The molecule has 0 spiro atoms. The smallest absolute Gasteiger partial charge is 0.431 e. The van der Waals surface area contributed by atoms with Gasteiger partial charge in [0.2, 0.25) is 5.78 Å². The minimum Gasteiger partial charge on any atom is -0.454 e. The van der Waals surface area contributed by atoms with Crippen molar-refractivity contribution in [2.24, 2.45) is 16.5 Å². The standard InChI is InChI=1S/C15H15ClF3N3O3/c1-2-22-13(21)11(12(20)15(17,18)19)14(24)25-7-10(23)8-5-3-4-6-9(8)16/h3-6H,2,7,20H2,1H3,(H2,21,22). The minimum atomic E-state index is -5.02. The van der Waals surface area contributed by atoms with E-state index in [1.165, 1.54) is 25.1 Å². The van der Waals surface area contributed by atoms with Crippen molar-refractivity contribution in [3.05, 3.63) is 46.1 Å². The van der Waals surface area contributed by atoms with Gasteiger partial charge in [-0.05, 0) is 19.1 Å². The zero-order valence-electron chi connectivity index (χ0n) is 13.1. The highest BCUT2D eigenvalue weighted by Crippen LogP contribution is 2.25. The normalized spacial score (nSPS) is 13.2. The van der Waals surface area contributed by atoms with Gasteiger partial charge in [0.15, 0.2) is 6.61 Å². The van der Waals surface area contributed by atoms with Crippen molar-refractivity contribution in [3.63, 3.8) is 0 Å². The Balaban J connectivity index is 3.03. The molecular weight excluding hydrogens is 363 g/mol. The number of rotatable bonds is 6. The third kappa shape index (κ3) is 5.49. The summed E-state index contributed by atoms with van der Waals surface area (Å²) in [7, 11) is 0. The van der Waals surface area contributed by atoms with E-state index in [4.69, 9.17) is 23.1 Å². The number of Topliss-reactive ketones (excluding diaryl/α,β-unsaturated/α-hetero) is 1. The second-order valence-corrected chi connectivity index (χ2v) is 5.03. The lowest BCUT2D eigenvalue weighted by Crippen LogP contribution is -2.33. The molecule has 136 valence electrons. The number of allylic oxidation sites excluding steroid dienone is 1. The summed E-state index contributed by atoms with van der Waals surface area (Å²) in [5, 5.41) is 0.112. The van der Waals surface area contributed by atoms with Crippen molar-refractivity contribution in [2.45, 2.75) is 13.1 Å². The van der Waals surface area contributed by atoms with E-state index in [1.54, 1.807) is 6.07 Å². The molecule has 10 heteroatoms. The Labute approximate surface area is 146 Å². The van der Waals surface area contributed by atoms with E-state index in [9.17, 15) is 22.8 Å². The molecule has 0 heterocycles. The van der Waals surface area contributed by atoms with Crippen LogP contribution in [0.4, 0.5) is 13.2 Å². The molecule has 0 aliphatic heterocycles. The van der Waals surface area contributed by atoms with E-state index in [0.29, 0.717) is 0 Å². The summed E-state index contributed by atoms with van der Waals surface area (Å²) < 4.78 is 43.0. The van der Waals surface area contributed by atoms with Crippen molar-refractivity contribution >= 4 is 29.2 Å². The molecule has 0 saturated heterocycles. The fourth-order valence-corrected chi connectivity index (χ4v) is 1.95. The van der Waals surface area contributed by atoms with Crippen LogP contribution in [0.2, 0.25) is 5.02 Å². The Morgan fingerprint density at radius 3 is 2.36 bits per heavy atom. The lowest BCUT2D eigenvalue weighted by Gasteiger charge is -2.13. The lowest BCUT2D eigenvalue weighted by molar-refractivity contribution is -0.138. The number of hydrogen-bond donors (Lipinski definition) is 2.